The fourth-order valence-electron chi connectivity index (χ4n) is 1.63. The molecule has 1 aliphatic heterocycles. The number of rotatable bonds is 1. The molecule has 0 aromatic carbocycles. The molecule has 1 N–H and O–H groups in total. The first-order valence-electron chi connectivity index (χ1n) is 4.45. The summed E-state index contributed by atoms with van der Waals surface area (Å²) in [6, 6.07) is 0.486. The van der Waals surface area contributed by atoms with Crippen molar-refractivity contribution in [1.29, 1.82) is 0 Å². The van der Waals surface area contributed by atoms with E-state index < -0.39 is 0 Å². The zero-order chi connectivity index (χ0) is 8.23. The average Bonchev–Trinajstić information content (AvgIpc) is 2.21. The molecule has 1 aliphatic rings. The maximum atomic E-state index is 4.01. The molecule has 0 amide bonds. The predicted molar refractivity (Wildman–Crippen MR) is 53.9 cm³/mol. The Morgan fingerprint density at radius 2 is 2.00 bits per heavy atom. The Balaban J connectivity index is 0.000000845. The Kier molecular flexibility index (Phi) is 4.12. The maximum absolute atomic E-state index is 4.01. The Morgan fingerprint density at radius 1 is 1.23 bits per heavy atom. The Morgan fingerprint density at radius 3 is 2.62 bits per heavy atom. The predicted octanol–water partition coefficient (Wildman–Crippen LogP) is 1.71. The van der Waals surface area contributed by atoms with Gasteiger partial charge in [0.2, 0.25) is 0 Å². The van der Waals surface area contributed by atoms with Crippen molar-refractivity contribution in [3.8, 4) is 0 Å². The third-order valence-corrected chi connectivity index (χ3v) is 2.29. The number of nitrogens with one attached hydrogen (secondary N) is 1. The third kappa shape index (κ3) is 2.64. The molecule has 1 atom stereocenters. The molecule has 1 aromatic rings. The topological polar surface area (TPSA) is 37.8 Å². The Labute approximate surface area is 84.4 Å². The Bertz CT molecular complexity index is 234. The molecule has 2 heterocycles. The zero-order valence-corrected chi connectivity index (χ0v) is 8.26. The maximum Gasteiger partial charge on any atom is 0.115 e. The van der Waals surface area contributed by atoms with Gasteiger partial charge in [-0.2, -0.15) is 0 Å². The van der Waals surface area contributed by atoms with Crippen molar-refractivity contribution in [3.05, 3.63) is 24.3 Å². The molecule has 0 aliphatic carbocycles. The van der Waals surface area contributed by atoms with Crippen LogP contribution < -0.4 is 5.32 Å². The van der Waals surface area contributed by atoms with Crippen LogP contribution in [0.25, 0.3) is 0 Å². The molecule has 1 fully saturated rings. The number of aromatic nitrogens is 2. The smallest absolute Gasteiger partial charge is 0.115 e. The summed E-state index contributed by atoms with van der Waals surface area (Å²) in [6.45, 7) is 1.12. The van der Waals surface area contributed by atoms with Crippen LogP contribution in [0.1, 0.15) is 30.9 Å². The standard InChI is InChI=1S/C9H13N3.ClH/c1-2-4-12-9(3-1)8-5-10-7-11-6-8;/h5-7,9,12H,1-4H2;1H. The monoisotopic (exact) mass is 199 g/mol. The van der Waals surface area contributed by atoms with Crippen LogP contribution in [0.4, 0.5) is 0 Å². The minimum Gasteiger partial charge on any atom is -0.310 e. The van der Waals surface area contributed by atoms with Crippen molar-refractivity contribution in [2.75, 3.05) is 6.54 Å². The van der Waals surface area contributed by atoms with Crippen molar-refractivity contribution < 1.29 is 0 Å². The fourth-order valence-corrected chi connectivity index (χ4v) is 1.63. The van der Waals surface area contributed by atoms with E-state index in [9.17, 15) is 0 Å². The summed E-state index contributed by atoms with van der Waals surface area (Å²) in [7, 11) is 0. The van der Waals surface area contributed by atoms with Crippen LogP contribution in [0, 0.1) is 0 Å². The second-order valence-corrected chi connectivity index (χ2v) is 3.17. The van der Waals surface area contributed by atoms with Gasteiger partial charge in [0.15, 0.2) is 0 Å². The summed E-state index contributed by atoms with van der Waals surface area (Å²) in [6.07, 6.45) is 9.20. The highest BCUT2D eigenvalue weighted by atomic mass is 35.5. The molecule has 4 heteroatoms. The van der Waals surface area contributed by atoms with E-state index in [-0.39, 0.29) is 12.4 Å². The Hall–Kier alpha value is -0.670. The lowest BCUT2D eigenvalue weighted by Crippen LogP contribution is -2.26. The second-order valence-electron chi connectivity index (χ2n) is 3.17. The molecule has 2 rings (SSSR count). The lowest BCUT2D eigenvalue weighted by molar-refractivity contribution is 0.410. The van der Waals surface area contributed by atoms with Crippen LogP contribution in [0.2, 0.25) is 0 Å². The number of halogens is 1. The normalized spacial score (nSPS) is 22.0. The molecule has 3 nitrogen and oxygen atoms in total. The highest BCUT2D eigenvalue weighted by Crippen LogP contribution is 2.20. The first-order valence-corrected chi connectivity index (χ1v) is 4.45. The first kappa shape index (κ1) is 10.4. The van der Waals surface area contributed by atoms with Gasteiger partial charge < -0.3 is 5.32 Å². The lowest BCUT2D eigenvalue weighted by Gasteiger charge is -2.22. The van der Waals surface area contributed by atoms with Gasteiger partial charge in [-0.15, -0.1) is 12.4 Å². The molecule has 0 bridgehead atoms. The van der Waals surface area contributed by atoms with Crippen LogP contribution in [0.3, 0.4) is 0 Å². The number of hydrogen-bond acceptors (Lipinski definition) is 3. The summed E-state index contributed by atoms with van der Waals surface area (Å²) >= 11 is 0. The van der Waals surface area contributed by atoms with Gasteiger partial charge in [0.1, 0.15) is 6.33 Å². The number of hydrogen-bond donors (Lipinski definition) is 1. The van der Waals surface area contributed by atoms with Crippen molar-refractivity contribution in [1.82, 2.24) is 15.3 Å². The number of nitrogens with zero attached hydrogens (tertiary/aromatic N) is 2. The molecule has 0 spiro atoms. The van der Waals surface area contributed by atoms with Gasteiger partial charge in [0.05, 0.1) is 0 Å². The minimum absolute atomic E-state index is 0. The van der Waals surface area contributed by atoms with Gasteiger partial charge in [-0.25, -0.2) is 9.97 Å². The molecule has 0 radical (unpaired) electrons. The summed E-state index contributed by atoms with van der Waals surface area (Å²) in [5.74, 6) is 0. The van der Waals surface area contributed by atoms with E-state index in [1.807, 2.05) is 12.4 Å². The van der Waals surface area contributed by atoms with Crippen molar-refractivity contribution in [2.45, 2.75) is 25.3 Å². The van der Waals surface area contributed by atoms with Crippen LogP contribution in [-0.2, 0) is 0 Å². The third-order valence-electron chi connectivity index (χ3n) is 2.29. The second kappa shape index (κ2) is 5.14. The van der Waals surface area contributed by atoms with E-state index in [0.29, 0.717) is 6.04 Å². The van der Waals surface area contributed by atoms with Gasteiger partial charge in [-0.05, 0) is 19.4 Å². The molecular formula is C9H14ClN3. The SMILES string of the molecule is Cl.c1ncc(C2CCCCN2)cn1. The van der Waals surface area contributed by atoms with E-state index in [4.69, 9.17) is 0 Å². The lowest BCUT2D eigenvalue weighted by atomic mass is 10.0. The first-order chi connectivity index (χ1) is 5.97. The highest BCUT2D eigenvalue weighted by Gasteiger charge is 2.14. The molecule has 1 saturated heterocycles. The minimum atomic E-state index is 0. The van der Waals surface area contributed by atoms with Gasteiger partial charge in [0.25, 0.3) is 0 Å². The van der Waals surface area contributed by atoms with E-state index in [1.165, 1.54) is 24.8 Å². The van der Waals surface area contributed by atoms with Gasteiger partial charge in [-0.1, -0.05) is 6.42 Å². The fraction of sp³-hybridized carbons (Fsp3) is 0.556. The summed E-state index contributed by atoms with van der Waals surface area (Å²) in [4.78, 5) is 8.02. The van der Waals surface area contributed by atoms with Crippen molar-refractivity contribution in [2.24, 2.45) is 0 Å². The molecule has 13 heavy (non-hydrogen) atoms. The van der Waals surface area contributed by atoms with Gasteiger partial charge in [-0.3, -0.25) is 0 Å². The van der Waals surface area contributed by atoms with E-state index in [1.54, 1.807) is 6.33 Å². The van der Waals surface area contributed by atoms with Crippen LogP contribution in [0.5, 0.6) is 0 Å². The summed E-state index contributed by atoms with van der Waals surface area (Å²) in [5.41, 5.74) is 1.22. The summed E-state index contributed by atoms with van der Waals surface area (Å²) < 4.78 is 0. The largest absolute Gasteiger partial charge is 0.310 e. The van der Waals surface area contributed by atoms with Crippen LogP contribution >= 0.6 is 12.4 Å². The van der Waals surface area contributed by atoms with Crippen molar-refractivity contribution in [3.63, 3.8) is 0 Å². The van der Waals surface area contributed by atoms with Crippen LogP contribution in [-0.4, -0.2) is 16.5 Å². The van der Waals surface area contributed by atoms with E-state index in [0.717, 1.165) is 6.54 Å². The van der Waals surface area contributed by atoms with E-state index in [2.05, 4.69) is 15.3 Å². The van der Waals surface area contributed by atoms with Gasteiger partial charge >= 0.3 is 0 Å². The van der Waals surface area contributed by atoms with Gasteiger partial charge in [0, 0.05) is 24.0 Å². The molecular weight excluding hydrogens is 186 g/mol. The zero-order valence-electron chi connectivity index (χ0n) is 7.44. The highest BCUT2D eigenvalue weighted by molar-refractivity contribution is 5.85. The average molecular weight is 200 g/mol. The number of piperidine rings is 1. The molecule has 1 aromatic heterocycles. The summed E-state index contributed by atoms with van der Waals surface area (Å²) in [5, 5.41) is 3.46. The quantitative estimate of drug-likeness (QED) is 0.749. The van der Waals surface area contributed by atoms with E-state index >= 15 is 0 Å². The molecule has 0 saturated carbocycles. The van der Waals surface area contributed by atoms with Crippen molar-refractivity contribution >= 4 is 12.4 Å². The van der Waals surface area contributed by atoms with Crippen LogP contribution in [0.15, 0.2) is 18.7 Å². The molecule has 1 unspecified atom stereocenters. The molecule has 72 valence electrons.